The molecule has 1 heterocycles. The SMILES string of the molecule is CC(C)n1nc(C2CC2)cc1CNC1CC1. The van der Waals surface area contributed by atoms with Crippen LogP contribution in [-0.4, -0.2) is 15.8 Å². The topological polar surface area (TPSA) is 29.9 Å². The van der Waals surface area contributed by atoms with Crippen LogP contribution in [0, 0.1) is 0 Å². The Morgan fingerprint density at radius 1 is 1.38 bits per heavy atom. The van der Waals surface area contributed by atoms with Crippen LogP contribution in [0.3, 0.4) is 0 Å². The maximum absolute atomic E-state index is 4.75. The minimum Gasteiger partial charge on any atom is -0.308 e. The van der Waals surface area contributed by atoms with E-state index in [2.05, 4.69) is 29.9 Å². The first-order chi connectivity index (χ1) is 7.74. The number of nitrogens with zero attached hydrogens (tertiary/aromatic N) is 2. The second-order valence-corrected chi connectivity index (χ2v) is 5.53. The van der Waals surface area contributed by atoms with Crippen LogP contribution in [0.25, 0.3) is 0 Å². The zero-order valence-electron chi connectivity index (χ0n) is 10.2. The quantitative estimate of drug-likeness (QED) is 0.825. The minimum absolute atomic E-state index is 0.475. The highest BCUT2D eigenvalue weighted by Gasteiger charge is 2.28. The molecule has 1 aromatic heterocycles. The third-order valence-corrected chi connectivity index (χ3v) is 3.47. The fourth-order valence-corrected chi connectivity index (χ4v) is 2.15. The van der Waals surface area contributed by atoms with Crippen molar-refractivity contribution in [2.45, 2.75) is 64.1 Å². The fourth-order valence-electron chi connectivity index (χ4n) is 2.15. The van der Waals surface area contributed by atoms with Crippen LogP contribution in [-0.2, 0) is 6.54 Å². The van der Waals surface area contributed by atoms with E-state index in [-0.39, 0.29) is 0 Å². The second-order valence-electron chi connectivity index (χ2n) is 5.53. The van der Waals surface area contributed by atoms with Gasteiger partial charge >= 0.3 is 0 Å². The van der Waals surface area contributed by atoms with Crippen LogP contribution < -0.4 is 5.32 Å². The molecule has 0 amide bonds. The van der Waals surface area contributed by atoms with E-state index in [0.29, 0.717) is 6.04 Å². The average molecular weight is 219 g/mol. The molecule has 88 valence electrons. The standard InChI is InChI=1S/C13H21N3/c1-9(2)16-12(8-14-11-5-6-11)7-13(15-16)10-3-4-10/h7,9-11,14H,3-6,8H2,1-2H3. The van der Waals surface area contributed by atoms with Crippen molar-refractivity contribution in [3.05, 3.63) is 17.5 Å². The highest BCUT2D eigenvalue weighted by atomic mass is 15.3. The number of hydrogen-bond donors (Lipinski definition) is 1. The van der Waals surface area contributed by atoms with Crippen molar-refractivity contribution in [2.24, 2.45) is 0 Å². The highest BCUT2D eigenvalue weighted by molar-refractivity contribution is 5.19. The Labute approximate surface area is 97.2 Å². The fraction of sp³-hybridized carbons (Fsp3) is 0.769. The molecule has 0 aliphatic heterocycles. The molecule has 3 nitrogen and oxygen atoms in total. The summed E-state index contributed by atoms with van der Waals surface area (Å²) < 4.78 is 2.20. The third kappa shape index (κ3) is 2.14. The monoisotopic (exact) mass is 219 g/mol. The van der Waals surface area contributed by atoms with Gasteiger partial charge in [0.2, 0.25) is 0 Å². The molecule has 1 aromatic rings. The van der Waals surface area contributed by atoms with Gasteiger partial charge < -0.3 is 5.32 Å². The molecule has 16 heavy (non-hydrogen) atoms. The minimum atomic E-state index is 0.475. The molecule has 0 spiro atoms. The molecule has 0 radical (unpaired) electrons. The van der Waals surface area contributed by atoms with E-state index in [1.54, 1.807) is 0 Å². The predicted molar refractivity (Wildman–Crippen MR) is 64.4 cm³/mol. The van der Waals surface area contributed by atoms with Gasteiger partial charge in [0.05, 0.1) is 11.4 Å². The van der Waals surface area contributed by atoms with Gasteiger partial charge in [0.1, 0.15) is 0 Å². The molecule has 3 heteroatoms. The molecule has 0 aromatic carbocycles. The van der Waals surface area contributed by atoms with Crippen molar-refractivity contribution in [3.8, 4) is 0 Å². The molecule has 0 bridgehead atoms. The molecule has 2 aliphatic carbocycles. The van der Waals surface area contributed by atoms with Gasteiger partial charge in [-0.2, -0.15) is 5.10 Å². The molecular formula is C13H21N3. The van der Waals surface area contributed by atoms with Crippen molar-refractivity contribution >= 4 is 0 Å². The first-order valence-corrected chi connectivity index (χ1v) is 6.55. The van der Waals surface area contributed by atoms with Gasteiger partial charge in [0, 0.05) is 24.5 Å². The van der Waals surface area contributed by atoms with E-state index in [9.17, 15) is 0 Å². The molecule has 0 saturated heterocycles. The lowest BCUT2D eigenvalue weighted by Crippen LogP contribution is -2.19. The molecule has 2 aliphatic rings. The molecule has 3 rings (SSSR count). The first-order valence-electron chi connectivity index (χ1n) is 6.55. The van der Waals surface area contributed by atoms with Gasteiger partial charge in [-0.1, -0.05) is 0 Å². The van der Waals surface area contributed by atoms with Crippen LogP contribution in [0.4, 0.5) is 0 Å². The number of hydrogen-bond acceptors (Lipinski definition) is 2. The summed E-state index contributed by atoms with van der Waals surface area (Å²) in [4.78, 5) is 0. The Hall–Kier alpha value is -0.830. The molecule has 2 fully saturated rings. The van der Waals surface area contributed by atoms with Crippen LogP contribution in [0.2, 0.25) is 0 Å². The second kappa shape index (κ2) is 3.88. The van der Waals surface area contributed by atoms with Crippen LogP contribution in [0.5, 0.6) is 0 Å². The first kappa shape index (κ1) is 10.3. The largest absolute Gasteiger partial charge is 0.308 e. The lowest BCUT2D eigenvalue weighted by Gasteiger charge is -2.11. The number of rotatable bonds is 5. The van der Waals surface area contributed by atoms with Crippen molar-refractivity contribution < 1.29 is 0 Å². The van der Waals surface area contributed by atoms with E-state index in [1.165, 1.54) is 37.1 Å². The normalized spacial score (nSPS) is 20.7. The summed E-state index contributed by atoms with van der Waals surface area (Å²) in [6.07, 6.45) is 5.38. The zero-order valence-corrected chi connectivity index (χ0v) is 10.2. The van der Waals surface area contributed by atoms with Crippen molar-refractivity contribution in [2.75, 3.05) is 0 Å². The van der Waals surface area contributed by atoms with Gasteiger partial charge in [-0.05, 0) is 45.6 Å². The van der Waals surface area contributed by atoms with E-state index in [4.69, 9.17) is 5.10 Å². The summed E-state index contributed by atoms with van der Waals surface area (Å²) in [6, 6.07) is 3.57. The van der Waals surface area contributed by atoms with Crippen molar-refractivity contribution in [1.82, 2.24) is 15.1 Å². The third-order valence-electron chi connectivity index (χ3n) is 3.47. The lowest BCUT2D eigenvalue weighted by molar-refractivity contribution is 0.491. The van der Waals surface area contributed by atoms with E-state index in [1.807, 2.05) is 0 Å². The van der Waals surface area contributed by atoms with Crippen LogP contribution in [0.1, 0.15) is 62.9 Å². The Morgan fingerprint density at radius 3 is 2.69 bits per heavy atom. The Balaban J connectivity index is 1.75. The Kier molecular flexibility index (Phi) is 2.51. The van der Waals surface area contributed by atoms with Gasteiger partial charge in [-0.25, -0.2) is 0 Å². The predicted octanol–water partition coefficient (Wildman–Crippen LogP) is 2.59. The number of nitrogens with one attached hydrogen (secondary N) is 1. The zero-order chi connectivity index (χ0) is 11.1. The summed E-state index contributed by atoms with van der Waals surface area (Å²) in [5.41, 5.74) is 2.69. The average Bonchev–Trinajstić information content (AvgIpc) is 3.14. The molecule has 0 atom stereocenters. The smallest absolute Gasteiger partial charge is 0.0659 e. The number of aromatic nitrogens is 2. The molecule has 1 N–H and O–H groups in total. The van der Waals surface area contributed by atoms with Gasteiger partial charge in [-0.15, -0.1) is 0 Å². The Bertz CT molecular complexity index is 373. The maximum Gasteiger partial charge on any atom is 0.0659 e. The summed E-state index contributed by atoms with van der Waals surface area (Å²) in [5.74, 6) is 0.764. The van der Waals surface area contributed by atoms with Crippen molar-refractivity contribution in [1.29, 1.82) is 0 Å². The summed E-state index contributed by atoms with van der Waals surface area (Å²) in [6.45, 7) is 5.41. The lowest BCUT2D eigenvalue weighted by atomic mass is 10.2. The van der Waals surface area contributed by atoms with Crippen LogP contribution in [0.15, 0.2) is 6.07 Å². The summed E-state index contributed by atoms with van der Waals surface area (Å²) in [5, 5.41) is 8.33. The Morgan fingerprint density at radius 2 is 2.12 bits per heavy atom. The van der Waals surface area contributed by atoms with Gasteiger partial charge in [0.25, 0.3) is 0 Å². The van der Waals surface area contributed by atoms with Crippen molar-refractivity contribution in [3.63, 3.8) is 0 Å². The summed E-state index contributed by atoms with van der Waals surface area (Å²) in [7, 11) is 0. The van der Waals surface area contributed by atoms with E-state index >= 15 is 0 Å². The molecule has 2 saturated carbocycles. The van der Waals surface area contributed by atoms with Gasteiger partial charge in [-0.3, -0.25) is 4.68 Å². The maximum atomic E-state index is 4.75. The van der Waals surface area contributed by atoms with E-state index in [0.717, 1.165) is 18.5 Å². The van der Waals surface area contributed by atoms with Gasteiger partial charge in [0.15, 0.2) is 0 Å². The molecule has 0 unspecified atom stereocenters. The molecular weight excluding hydrogens is 198 g/mol. The highest BCUT2D eigenvalue weighted by Crippen LogP contribution is 2.39. The van der Waals surface area contributed by atoms with E-state index < -0.39 is 0 Å². The van der Waals surface area contributed by atoms with Crippen LogP contribution >= 0.6 is 0 Å². The summed E-state index contributed by atoms with van der Waals surface area (Å²) >= 11 is 0.